The van der Waals surface area contributed by atoms with Gasteiger partial charge in [0.2, 0.25) is 0 Å². The van der Waals surface area contributed by atoms with Crippen LogP contribution in [-0.4, -0.2) is 23.1 Å². The Morgan fingerprint density at radius 1 is 1.47 bits per heavy atom. The first-order valence-electron chi connectivity index (χ1n) is 5.94. The Hall–Kier alpha value is -2.44. The van der Waals surface area contributed by atoms with Gasteiger partial charge < -0.3 is 5.32 Å². The van der Waals surface area contributed by atoms with Crippen LogP contribution in [0.4, 0.5) is 11.4 Å². The number of hydrogen-bond acceptors (Lipinski definition) is 5. The van der Waals surface area contributed by atoms with Gasteiger partial charge >= 0.3 is 0 Å². The zero-order valence-corrected chi connectivity index (χ0v) is 10.5. The number of benzene rings is 1. The number of nitro benzene ring substituents is 1. The zero-order valence-electron chi connectivity index (χ0n) is 10.5. The van der Waals surface area contributed by atoms with Gasteiger partial charge in [0.1, 0.15) is 11.4 Å². The first-order chi connectivity index (χ1) is 9.08. The highest BCUT2D eigenvalue weighted by Crippen LogP contribution is 2.25. The number of nitrogens with zero attached hydrogens (tertiary/aromatic N) is 2. The van der Waals surface area contributed by atoms with Crippen molar-refractivity contribution in [3.05, 3.63) is 33.9 Å². The first kappa shape index (κ1) is 13.0. The van der Waals surface area contributed by atoms with E-state index in [1.165, 1.54) is 6.07 Å². The van der Waals surface area contributed by atoms with Crippen molar-refractivity contribution in [3.63, 3.8) is 0 Å². The Labute approximate surface area is 109 Å². The quantitative estimate of drug-likeness (QED) is 0.638. The molecule has 0 aromatic heterocycles. The summed E-state index contributed by atoms with van der Waals surface area (Å²) in [6, 6.07) is 4.79. The minimum absolute atomic E-state index is 0.0550. The molecule has 7 heteroatoms. The van der Waals surface area contributed by atoms with Crippen molar-refractivity contribution >= 4 is 23.0 Å². The molecule has 19 heavy (non-hydrogen) atoms. The molecule has 7 nitrogen and oxygen atoms in total. The highest BCUT2D eigenvalue weighted by atomic mass is 16.6. The molecule has 2 N–H and O–H groups in total. The molecule has 0 spiro atoms. The number of nitro groups is 1. The van der Waals surface area contributed by atoms with Gasteiger partial charge in [-0.05, 0) is 31.4 Å². The Morgan fingerprint density at radius 3 is 2.95 bits per heavy atom. The molecule has 100 valence electrons. The van der Waals surface area contributed by atoms with E-state index >= 15 is 0 Å². The summed E-state index contributed by atoms with van der Waals surface area (Å²) in [5.74, 6) is -0.228. The van der Waals surface area contributed by atoms with E-state index in [2.05, 4.69) is 15.8 Å². The minimum Gasteiger partial charge on any atom is -0.351 e. The molecular formula is C12H14N4O3. The van der Waals surface area contributed by atoms with Gasteiger partial charge in [0.15, 0.2) is 0 Å². The van der Waals surface area contributed by atoms with Gasteiger partial charge in [-0.25, -0.2) is 0 Å². The van der Waals surface area contributed by atoms with E-state index in [4.69, 9.17) is 0 Å². The van der Waals surface area contributed by atoms with Crippen LogP contribution in [-0.2, 0) is 4.79 Å². The predicted molar refractivity (Wildman–Crippen MR) is 71.1 cm³/mol. The normalized spacial score (nSPS) is 17.1. The van der Waals surface area contributed by atoms with Gasteiger partial charge in [0, 0.05) is 12.6 Å². The molecule has 1 aliphatic rings. The molecule has 1 aromatic rings. The van der Waals surface area contributed by atoms with E-state index in [-0.39, 0.29) is 17.3 Å². The average molecular weight is 262 g/mol. The lowest BCUT2D eigenvalue weighted by Gasteiger charge is -2.13. The first-order valence-corrected chi connectivity index (χ1v) is 5.94. The predicted octanol–water partition coefficient (Wildman–Crippen LogP) is 1.58. The average Bonchev–Trinajstić information content (AvgIpc) is 2.38. The van der Waals surface area contributed by atoms with Gasteiger partial charge in [-0.1, -0.05) is 6.07 Å². The summed E-state index contributed by atoms with van der Waals surface area (Å²) in [6.07, 6.45) is 1.39. The number of nitrogens with one attached hydrogen (secondary N) is 2. The van der Waals surface area contributed by atoms with Crippen LogP contribution in [0.5, 0.6) is 0 Å². The summed E-state index contributed by atoms with van der Waals surface area (Å²) < 4.78 is 0. The number of carbonyl (C=O) groups excluding carboxylic acids is 1. The molecule has 1 heterocycles. The topological polar surface area (TPSA) is 96.6 Å². The summed E-state index contributed by atoms with van der Waals surface area (Å²) in [7, 11) is 0. The van der Waals surface area contributed by atoms with E-state index in [1.54, 1.807) is 19.1 Å². The highest BCUT2D eigenvalue weighted by molar-refractivity contribution is 6.39. The van der Waals surface area contributed by atoms with Crippen LogP contribution in [0.1, 0.15) is 18.4 Å². The minimum atomic E-state index is -0.476. The molecule has 0 aliphatic carbocycles. The molecule has 0 bridgehead atoms. The maximum Gasteiger partial charge on any atom is 0.294 e. The summed E-state index contributed by atoms with van der Waals surface area (Å²) in [6.45, 7) is 2.42. The zero-order chi connectivity index (χ0) is 13.8. The van der Waals surface area contributed by atoms with Crippen molar-refractivity contribution in [2.45, 2.75) is 19.8 Å². The van der Waals surface area contributed by atoms with Crippen LogP contribution in [0.2, 0.25) is 0 Å². The van der Waals surface area contributed by atoms with Crippen LogP contribution in [0, 0.1) is 17.0 Å². The van der Waals surface area contributed by atoms with Crippen LogP contribution in [0.25, 0.3) is 0 Å². The number of anilines is 1. The number of rotatable bonds is 3. The number of hydrogen-bond donors (Lipinski definition) is 2. The van der Waals surface area contributed by atoms with Crippen molar-refractivity contribution in [1.82, 2.24) is 5.32 Å². The fourth-order valence-electron chi connectivity index (χ4n) is 1.79. The highest BCUT2D eigenvalue weighted by Gasteiger charge is 2.17. The van der Waals surface area contributed by atoms with Crippen LogP contribution < -0.4 is 10.7 Å². The molecule has 0 unspecified atom stereocenters. The Bertz CT molecular complexity index is 554. The molecule has 0 saturated carbocycles. The maximum absolute atomic E-state index is 11.5. The van der Waals surface area contributed by atoms with Gasteiger partial charge in [0.05, 0.1) is 4.92 Å². The molecule has 1 aliphatic heterocycles. The third kappa shape index (κ3) is 3.06. The van der Waals surface area contributed by atoms with Crippen LogP contribution in [0.3, 0.4) is 0 Å². The molecule has 0 radical (unpaired) electrons. The lowest BCUT2D eigenvalue weighted by atomic mass is 10.1. The second kappa shape index (κ2) is 5.47. The third-order valence-corrected chi connectivity index (χ3v) is 2.80. The van der Waals surface area contributed by atoms with E-state index < -0.39 is 4.92 Å². The van der Waals surface area contributed by atoms with Crippen molar-refractivity contribution in [3.8, 4) is 0 Å². The Kier molecular flexibility index (Phi) is 3.74. The SMILES string of the molecule is Cc1ccc(N/N=C2\CCCNC2=O)c([N+](=O)[O-])c1. The summed E-state index contributed by atoms with van der Waals surface area (Å²) in [5, 5.41) is 17.6. The maximum atomic E-state index is 11.5. The van der Waals surface area contributed by atoms with E-state index in [0.717, 1.165) is 12.0 Å². The van der Waals surface area contributed by atoms with E-state index in [0.29, 0.717) is 18.7 Å². The molecule has 0 atom stereocenters. The van der Waals surface area contributed by atoms with Crippen molar-refractivity contribution < 1.29 is 9.72 Å². The van der Waals surface area contributed by atoms with Gasteiger partial charge in [-0.15, -0.1) is 0 Å². The summed E-state index contributed by atoms with van der Waals surface area (Å²) >= 11 is 0. The smallest absolute Gasteiger partial charge is 0.294 e. The second-order valence-corrected chi connectivity index (χ2v) is 4.31. The Morgan fingerprint density at radius 2 is 2.26 bits per heavy atom. The number of carbonyl (C=O) groups is 1. The van der Waals surface area contributed by atoms with Crippen molar-refractivity contribution in [2.24, 2.45) is 5.10 Å². The lowest BCUT2D eigenvalue weighted by molar-refractivity contribution is -0.384. The summed E-state index contributed by atoms with van der Waals surface area (Å²) in [4.78, 5) is 21.9. The molecule has 1 fully saturated rings. The molecule has 1 aromatic carbocycles. The Balaban J connectivity index is 2.21. The molecule has 2 rings (SSSR count). The van der Waals surface area contributed by atoms with Gasteiger partial charge in [-0.2, -0.15) is 5.10 Å². The van der Waals surface area contributed by atoms with Crippen LogP contribution >= 0.6 is 0 Å². The number of amides is 1. The van der Waals surface area contributed by atoms with Gasteiger partial charge in [0.25, 0.3) is 11.6 Å². The third-order valence-electron chi connectivity index (χ3n) is 2.80. The fraction of sp³-hybridized carbons (Fsp3) is 0.333. The largest absolute Gasteiger partial charge is 0.351 e. The molecular weight excluding hydrogens is 248 g/mol. The summed E-state index contributed by atoms with van der Waals surface area (Å²) in [5.41, 5.74) is 3.99. The fourth-order valence-corrected chi connectivity index (χ4v) is 1.79. The van der Waals surface area contributed by atoms with Gasteiger partial charge in [-0.3, -0.25) is 20.3 Å². The van der Waals surface area contributed by atoms with Crippen LogP contribution in [0.15, 0.2) is 23.3 Å². The van der Waals surface area contributed by atoms with Crippen molar-refractivity contribution in [2.75, 3.05) is 12.0 Å². The molecule has 1 saturated heterocycles. The lowest BCUT2D eigenvalue weighted by Crippen LogP contribution is -2.37. The number of aryl methyl sites for hydroxylation is 1. The number of piperidine rings is 1. The number of hydrazone groups is 1. The molecule has 1 amide bonds. The standard InChI is InChI=1S/C12H14N4O3/c1-8-4-5-9(11(7-8)16(18)19)14-15-10-3-2-6-13-12(10)17/h4-5,7,14H,2-3,6H2,1H3,(H,13,17)/b15-10+. The monoisotopic (exact) mass is 262 g/mol. The van der Waals surface area contributed by atoms with Crippen molar-refractivity contribution in [1.29, 1.82) is 0 Å². The second-order valence-electron chi connectivity index (χ2n) is 4.31. The van der Waals surface area contributed by atoms with E-state index in [9.17, 15) is 14.9 Å². The van der Waals surface area contributed by atoms with E-state index in [1.807, 2.05) is 0 Å².